The summed E-state index contributed by atoms with van der Waals surface area (Å²) in [6.07, 6.45) is 1.24. The molecule has 4 nitrogen and oxygen atoms in total. The fourth-order valence-electron chi connectivity index (χ4n) is 2.80. The van der Waals surface area contributed by atoms with Crippen LogP contribution in [0.3, 0.4) is 0 Å². The van der Waals surface area contributed by atoms with Gasteiger partial charge in [-0.05, 0) is 24.6 Å². The normalized spacial score (nSPS) is 16.6. The lowest BCUT2D eigenvalue weighted by Gasteiger charge is -2.37. The highest BCUT2D eigenvalue weighted by molar-refractivity contribution is 5.54. The van der Waals surface area contributed by atoms with Crippen molar-refractivity contribution in [3.8, 4) is 0 Å². The first-order chi connectivity index (χ1) is 9.85. The monoisotopic (exact) mass is 277 g/mol. The van der Waals surface area contributed by atoms with Crippen LogP contribution in [-0.2, 0) is 6.54 Å². The summed E-state index contributed by atoms with van der Waals surface area (Å²) < 4.78 is 0. The molecular weight excluding hydrogens is 250 g/mol. The molecule has 2 N–H and O–H groups in total. The van der Waals surface area contributed by atoms with Gasteiger partial charge in [0.1, 0.15) is 0 Å². The van der Waals surface area contributed by atoms with Crippen molar-refractivity contribution in [2.45, 2.75) is 19.9 Å². The fraction of sp³-hybridized carbons (Fsp3) is 0.625. The number of hydrogen-bond acceptors (Lipinski definition) is 4. The molecule has 1 aliphatic heterocycles. The number of aliphatic hydroxyl groups is 1. The highest BCUT2D eigenvalue weighted by atomic mass is 16.3. The van der Waals surface area contributed by atoms with Gasteiger partial charge in [0.2, 0.25) is 0 Å². The van der Waals surface area contributed by atoms with E-state index in [2.05, 4.69) is 46.3 Å². The van der Waals surface area contributed by atoms with Crippen LogP contribution in [0.4, 0.5) is 5.69 Å². The van der Waals surface area contributed by atoms with Crippen molar-refractivity contribution < 1.29 is 5.11 Å². The summed E-state index contributed by atoms with van der Waals surface area (Å²) in [7, 11) is 0. The molecule has 20 heavy (non-hydrogen) atoms. The van der Waals surface area contributed by atoms with E-state index >= 15 is 0 Å². The van der Waals surface area contributed by atoms with Crippen molar-refractivity contribution in [3.63, 3.8) is 0 Å². The molecular formula is C16H27N3O. The van der Waals surface area contributed by atoms with Gasteiger partial charge in [0.05, 0.1) is 6.61 Å². The lowest BCUT2D eigenvalue weighted by Crippen LogP contribution is -2.46. The van der Waals surface area contributed by atoms with E-state index in [-0.39, 0.29) is 6.61 Å². The van der Waals surface area contributed by atoms with Crippen LogP contribution in [0.25, 0.3) is 0 Å². The molecule has 0 aliphatic carbocycles. The number of anilines is 1. The summed E-state index contributed by atoms with van der Waals surface area (Å²) in [5.74, 6) is 0. The second-order valence-corrected chi connectivity index (χ2v) is 5.36. The molecule has 0 radical (unpaired) electrons. The maximum absolute atomic E-state index is 8.86. The number of aliphatic hydroxyl groups excluding tert-OH is 1. The Morgan fingerprint density at radius 1 is 1.15 bits per heavy atom. The van der Waals surface area contributed by atoms with E-state index in [0.29, 0.717) is 6.54 Å². The van der Waals surface area contributed by atoms with E-state index in [1.165, 1.54) is 24.2 Å². The van der Waals surface area contributed by atoms with Crippen LogP contribution in [0, 0.1) is 0 Å². The molecule has 0 bridgehead atoms. The van der Waals surface area contributed by atoms with Gasteiger partial charge in [-0.1, -0.05) is 25.1 Å². The Kier molecular flexibility index (Phi) is 6.30. The summed E-state index contributed by atoms with van der Waals surface area (Å²) in [4.78, 5) is 5.03. The first-order valence-corrected chi connectivity index (χ1v) is 7.72. The van der Waals surface area contributed by atoms with Gasteiger partial charge in [0.15, 0.2) is 0 Å². The minimum absolute atomic E-state index is 0.192. The zero-order valence-corrected chi connectivity index (χ0v) is 12.5. The van der Waals surface area contributed by atoms with Gasteiger partial charge in [-0.2, -0.15) is 0 Å². The molecule has 0 spiro atoms. The molecule has 1 fully saturated rings. The maximum Gasteiger partial charge on any atom is 0.0556 e. The molecule has 0 amide bonds. The number of rotatable bonds is 7. The molecule has 0 atom stereocenters. The highest BCUT2D eigenvalue weighted by Crippen LogP contribution is 2.21. The molecule has 1 saturated heterocycles. The molecule has 4 heteroatoms. The largest absolute Gasteiger partial charge is 0.395 e. The predicted octanol–water partition coefficient (Wildman–Crippen LogP) is 1.30. The Bertz CT molecular complexity index is 389. The van der Waals surface area contributed by atoms with E-state index < -0.39 is 0 Å². The van der Waals surface area contributed by atoms with Gasteiger partial charge < -0.3 is 15.3 Å². The number of nitrogens with zero attached hydrogens (tertiary/aromatic N) is 2. The van der Waals surface area contributed by atoms with Crippen molar-refractivity contribution in [2.24, 2.45) is 0 Å². The van der Waals surface area contributed by atoms with Gasteiger partial charge >= 0.3 is 0 Å². The second kappa shape index (κ2) is 8.25. The van der Waals surface area contributed by atoms with Crippen LogP contribution in [0.5, 0.6) is 0 Å². The van der Waals surface area contributed by atoms with Crippen molar-refractivity contribution in [2.75, 3.05) is 50.8 Å². The third-order valence-electron chi connectivity index (χ3n) is 3.85. The standard InChI is InChI=1S/C16H27N3O/c1-2-8-18-9-11-19(12-10-18)16-6-4-3-5-15(16)14-17-7-13-20/h3-6,17,20H,2,7-14H2,1H3. The van der Waals surface area contributed by atoms with Crippen LogP contribution in [0.1, 0.15) is 18.9 Å². The molecule has 1 aromatic rings. The van der Waals surface area contributed by atoms with Gasteiger partial charge in [0, 0.05) is 45.0 Å². The Labute approximate surface area is 122 Å². The molecule has 1 aromatic carbocycles. The van der Waals surface area contributed by atoms with Crippen LogP contribution in [-0.4, -0.2) is 55.9 Å². The molecule has 112 valence electrons. The summed E-state index contributed by atoms with van der Waals surface area (Å²) in [6, 6.07) is 8.60. The minimum Gasteiger partial charge on any atom is -0.395 e. The third-order valence-corrected chi connectivity index (χ3v) is 3.85. The van der Waals surface area contributed by atoms with Crippen molar-refractivity contribution in [3.05, 3.63) is 29.8 Å². The number of para-hydroxylation sites is 1. The third kappa shape index (κ3) is 4.20. The summed E-state index contributed by atoms with van der Waals surface area (Å²) in [6.45, 7) is 9.66. The SMILES string of the molecule is CCCN1CCN(c2ccccc2CNCCO)CC1. The Morgan fingerprint density at radius 2 is 1.90 bits per heavy atom. The lowest BCUT2D eigenvalue weighted by atomic mass is 10.1. The van der Waals surface area contributed by atoms with Gasteiger partial charge in [-0.3, -0.25) is 4.90 Å². The molecule has 0 saturated carbocycles. The molecule has 0 aromatic heterocycles. The number of hydrogen-bond donors (Lipinski definition) is 2. The topological polar surface area (TPSA) is 38.7 Å². The molecule has 0 unspecified atom stereocenters. The highest BCUT2D eigenvalue weighted by Gasteiger charge is 2.18. The molecule has 1 heterocycles. The summed E-state index contributed by atoms with van der Waals surface area (Å²) in [5, 5.41) is 12.1. The van der Waals surface area contributed by atoms with Gasteiger partial charge in [-0.15, -0.1) is 0 Å². The van der Waals surface area contributed by atoms with E-state index in [4.69, 9.17) is 5.11 Å². The maximum atomic E-state index is 8.86. The second-order valence-electron chi connectivity index (χ2n) is 5.36. The van der Waals surface area contributed by atoms with Crippen LogP contribution >= 0.6 is 0 Å². The quantitative estimate of drug-likeness (QED) is 0.737. The van der Waals surface area contributed by atoms with Gasteiger partial charge in [-0.25, -0.2) is 0 Å². The minimum atomic E-state index is 0.192. The number of benzene rings is 1. The number of piperazine rings is 1. The van der Waals surface area contributed by atoms with E-state index in [0.717, 1.165) is 32.7 Å². The van der Waals surface area contributed by atoms with E-state index in [1.807, 2.05) is 0 Å². The Morgan fingerprint density at radius 3 is 2.60 bits per heavy atom. The summed E-state index contributed by atoms with van der Waals surface area (Å²) in [5.41, 5.74) is 2.67. The number of nitrogens with one attached hydrogen (secondary N) is 1. The average Bonchev–Trinajstić information content (AvgIpc) is 2.49. The van der Waals surface area contributed by atoms with Crippen molar-refractivity contribution in [1.29, 1.82) is 0 Å². The van der Waals surface area contributed by atoms with E-state index in [9.17, 15) is 0 Å². The molecule has 2 rings (SSSR count). The molecule has 1 aliphatic rings. The first kappa shape index (κ1) is 15.3. The van der Waals surface area contributed by atoms with Crippen LogP contribution in [0.2, 0.25) is 0 Å². The lowest BCUT2D eigenvalue weighted by molar-refractivity contribution is 0.258. The van der Waals surface area contributed by atoms with Gasteiger partial charge in [0.25, 0.3) is 0 Å². The summed E-state index contributed by atoms with van der Waals surface area (Å²) >= 11 is 0. The van der Waals surface area contributed by atoms with Crippen molar-refractivity contribution >= 4 is 5.69 Å². The van der Waals surface area contributed by atoms with E-state index in [1.54, 1.807) is 0 Å². The van der Waals surface area contributed by atoms with Crippen LogP contribution in [0.15, 0.2) is 24.3 Å². The zero-order valence-electron chi connectivity index (χ0n) is 12.5. The van der Waals surface area contributed by atoms with Crippen molar-refractivity contribution in [1.82, 2.24) is 10.2 Å². The first-order valence-electron chi connectivity index (χ1n) is 7.72. The Balaban J connectivity index is 1.95. The Hall–Kier alpha value is -1.10. The average molecular weight is 277 g/mol. The fourth-order valence-corrected chi connectivity index (χ4v) is 2.80. The van der Waals surface area contributed by atoms with Crippen LogP contribution < -0.4 is 10.2 Å². The smallest absolute Gasteiger partial charge is 0.0556 e. The predicted molar refractivity (Wildman–Crippen MR) is 84.2 cm³/mol. The zero-order chi connectivity index (χ0) is 14.2.